The predicted molar refractivity (Wildman–Crippen MR) is 133 cm³/mol. The molecule has 0 aliphatic carbocycles. The van der Waals surface area contributed by atoms with Crippen LogP contribution < -0.4 is 26.1 Å². The van der Waals surface area contributed by atoms with E-state index in [0.717, 1.165) is 6.42 Å². The van der Waals surface area contributed by atoms with Gasteiger partial charge in [-0.2, -0.15) is 0 Å². The molecule has 0 radical (unpaired) electrons. The van der Waals surface area contributed by atoms with Crippen LogP contribution in [0.1, 0.15) is 104 Å². The first-order chi connectivity index (χ1) is 15.1. The van der Waals surface area contributed by atoms with E-state index < -0.39 is 7.12 Å². The average Bonchev–Trinajstić information content (AvgIpc) is 2.77. The highest BCUT2D eigenvalue weighted by molar-refractivity contribution is 6.55. The van der Waals surface area contributed by atoms with Crippen molar-refractivity contribution in [1.82, 2.24) is 0 Å². The molecule has 1 rings (SSSR count). The van der Waals surface area contributed by atoms with Gasteiger partial charge in [-0.15, -0.1) is 5.46 Å². The molecule has 31 heavy (non-hydrogen) atoms. The Balaban J connectivity index is 0. The molecule has 0 aromatic heterocycles. The lowest BCUT2D eigenvalue weighted by Gasteiger charge is -2.26. The molecule has 0 heterocycles. The van der Waals surface area contributed by atoms with Crippen molar-refractivity contribution in [3.8, 4) is 0 Å². The molecule has 0 unspecified atom stereocenters. The zero-order valence-electron chi connectivity index (χ0n) is 21.5. The van der Waals surface area contributed by atoms with Gasteiger partial charge in [0.15, 0.2) is 0 Å². The maximum atomic E-state index is 10.7. The molecule has 0 aliphatic heterocycles. The van der Waals surface area contributed by atoms with Crippen molar-refractivity contribution in [2.75, 3.05) is 26.2 Å². The Morgan fingerprint density at radius 3 is 1.29 bits per heavy atom. The van der Waals surface area contributed by atoms with Crippen LogP contribution >= 0.6 is 0 Å². The van der Waals surface area contributed by atoms with E-state index in [1.54, 1.807) is 12.1 Å². The number of nitrogens with two attached hydrogens (primary N) is 2. The van der Waals surface area contributed by atoms with Crippen LogP contribution in [0.25, 0.3) is 0 Å². The second kappa shape index (κ2) is 27.2. The molecule has 1 aromatic carbocycles. The van der Waals surface area contributed by atoms with Crippen LogP contribution in [0.15, 0.2) is 24.3 Å². The summed E-state index contributed by atoms with van der Waals surface area (Å²) in [6.07, 6.45) is 14.5. The summed E-state index contributed by atoms with van der Waals surface area (Å²) in [5, 5.41) is 26.0. The summed E-state index contributed by atoms with van der Waals surface area (Å²) >= 11 is 0. The fourth-order valence-corrected chi connectivity index (χ4v) is 3.24. The van der Waals surface area contributed by atoms with Gasteiger partial charge in [-0.3, -0.25) is 0 Å². The van der Waals surface area contributed by atoms with Crippen molar-refractivity contribution >= 4 is 12.6 Å². The molecule has 0 saturated heterocycles. The highest BCUT2D eigenvalue weighted by Gasteiger charge is 1.95. The summed E-state index contributed by atoms with van der Waals surface area (Å²) < 4.78 is 0. The van der Waals surface area contributed by atoms with Gasteiger partial charge in [0.25, 0.3) is 0 Å². The SMILES string of the molecule is CCCCCCCCCCCCc1ccc(B([O-])[O-])cc1.CC[NH2+]CC.CC[NH2+]CC. The van der Waals surface area contributed by atoms with Gasteiger partial charge in [-0.1, -0.05) is 96.1 Å². The lowest BCUT2D eigenvalue weighted by molar-refractivity contribution is -0.648. The van der Waals surface area contributed by atoms with Crippen molar-refractivity contribution in [3.63, 3.8) is 0 Å². The molecule has 4 N–H and O–H groups in total. The first-order valence-electron chi connectivity index (χ1n) is 13.1. The number of unbranched alkanes of at least 4 members (excludes halogenated alkanes) is 9. The minimum atomic E-state index is -1.85. The van der Waals surface area contributed by atoms with E-state index in [0.29, 0.717) is 5.46 Å². The van der Waals surface area contributed by atoms with E-state index in [2.05, 4.69) is 45.3 Å². The van der Waals surface area contributed by atoms with Crippen molar-refractivity contribution in [3.05, 3.63) is 29.8 Å². The minimum Gasteiger partial charge on any atom is -0.889 e. The minimum absolute atomic E-state index is 0.349. The molecule has 0 aliphatic rings. The van der Waals surface area contributed by atoms with E-state index in [4.69, 9.17) is 0 Å². The summed E-state index contributed by atoms with van der Waals surface area (Å²) in [5.74, 6) is 0. The molecule has 182 valence electrons. The molecule has 0 fully saturated rings. The number of hydrogen-bond donors (Lipinski definition) is 2. The molecular formula is C26H53BN2O2. The summed E-state index contributed by atoms with van der Waals surface area (Å²) in [6.45, 7) is 15.8. The normalized spacial score (nSPS) is 10.0. The Morgan fingerprint density at radius 1 is 0.581 bits per heavy atom. The molecule has 0 amide bonds. The van der Waals surface area contributed by atoms with Crippen LogP contribution in [-0.4, -0.2) is 33.3 Å². The molecule has 1 aromatic rings. The number of quaternary nitrogens is 2. The van der Waals surface area contributed by atoms with E-state index in [9.17, 15) is 10.0 Å². The van der Waals surface area contributed by atoms with E-state index >= 15 is 0 Å². The Kier molecular flexibility index (Phi) is 28.3. The molecule has 4 nitrogen and oxygen atoms in total. The van der Waals surface area contributed by atoms with Crippen molar-refractivity contribution in [2.24, 2.45) is 0 Å². The van der Waals surface area contributed by atoms with E-state index in [-0.39, 0.29) is 0 Å². The van der Waals surface area contributed by atoms with Gasteiger partial charge in [0.2, 0.25) is 0 Å². The van der Waals surface area contributed by atoms with Gasteiger partial charge in [-0.05, 0) is 46.1 Å². The maximum absolute atomic E-state index is 10.7. The molecule has 0 saturated carbocycles. The van der Waals surface area contributed by atoms with Gasteiger partial charge in [0.1, 0.15) is 0 Å². The van der Waals surface area contributed by atoms with Crippen molar-refractivity contribution in [1.29, 1.82) is 0 Å². The van der Waals surface area contributed by atoms with Gasteiger partial charge in [-0.25, -0.2) is 0 Å². The number of rotatable bonds is 16. The van der Waals surface area contributed by atoms with Gasteiger partial charge in [0, 0.05) is 0 Å². The Labute approximate surface area is 194 Å². The van der Waals surface area contributed by atoms with Crippen molar-refractivity contribution in [2.45, 2.75) is 105 Å². The van der Waals surface area contributed by atoms with Gasteiger partial charge < -0.3 is 20.7 Å². The van der Waals surface area contributed by atoms with Crippen LogP contribution in [-0.2, 0) is 6.42 Å². The Hall–Kier alpha value is -0.875. The topological polar surface area (TPSA) is 79.3 Å². The first kappa shape index (κ1) is 32.3. The first-order valence-corrected chi connectivity index (χ1v) is 13.1. The van der Waals surface area contributed by atoms with Crippen LogP contribution in [0, 0.1) is 0 Å². The Bertz CT molecular complexity index is 432. The summed E-state index contributed by atoms with van der Waals surface area (Å²) in [5.41, 5.74) is 1.58. The van der Waals surface area contributed by atoms with Crippen LogP contribution in [0.4, 0.5) is 0 Å². The fraction of sp³-hybridized carbons (Fsp3) is 0.769. The lowest BCUT2D eigenvalue weighted by atomic mass is 9.80. The molecule has 0 bridgehead atoms. The summed E-state index contributed by atoms with van der Waals surface area (Å²) in [4.78, 5) is 0. The van der Waals surface area contributed by atoms with E-state index in [1.807, 2.05) is 12.1 Å². The van der Waals surface area contributed by atoms with Crippen LogP contribution in [0.2, 0.25) is 0 Å². The number of aryl methyl sites for hydroxylation is 1. The summed E-state index contributed by atoms with van der Waals surface area (Å²) in [6, 6.07) is 7.20. The monoisotopic (exact) mass is 436 g/mol. The third-order valence-corrected chi connectivity index (χ3v) is 5.23. The quantitative estimate of drug-likeness (QED) is 0.306. The largest absolute Gasteiger partial charge is 0.889 e. The second-order valence-corrected chi connectivity index (χ2v) is 8.22. The van der Waals surface area contributed by atoms with E-state index in [1.165, 1.54) is 96.0 Å². The van der Waals surface area contributed by atoms with Crippen LogP contribution in [0.3, 0.4) is 0 Å². The van der Waals surface area contributed by atoms with Gasteiger partial charge in [0.05, 0.1) is 26.2 Å². The van der Waals surface area contributed by atoms with Crippen molar-refractivity contribution < 1.29 is 20.7 Å². The number of benzene rings is 1. The molecule has 0 spiro atoms. The Morgan fingerprint density at radius 2 is 0.968 bits per heavy atom. The highest BCUT2D eigenvalue weighted by atomic mass is 16.4. The number of hydrogen-bond acceptors (Lipinski definition) is 2. The predicted octanol–water partition coefficient (Wildman–Crippen LogP) is 1.75. The smallest absolute Gasteiger partial charge is 0.0726 e. The molecule has 0 atom stereocenters. The zero-order chi connectivity index (χ0) is 23.6. The third-order valence-electron chi connectivity index (χ3n) is 5.23. The standard InChI is InChI=1S/C18H29BO2.2C4H11N/c1-2-3-4-5-6-7-8-9-10-11-12-17-13-15-18(16-14-17)19(20)21;2*1-3-5-4-2/h13-16H,2-12H2,1H3;2*5H,3-4H2,1-2H3/q-2;;/p+2. The average molecular weight is 437 g/mol. The second-order valence-electron chi connectivity index (χ2n) is 8.22. The third kappa shape index (κ3) is 25.3. The molecular weight excluding hydrogens is 383 g/mol. The lowest BCUT2D eigenvalue weighted by Crippen LogP contribution is -2.82. The van der Waals surface area contributed by atoms with Gasteiger partial charge >= 0.3 is 0 Å². The van der Waals surface area contributed by atoms with Crippen LogP contribution in [0.5, 0.6) is 0 Å². The maximum Gasteiger partial charge on any atom is 0.0726 e. The fourth-order valence-electron chi connectivity index (χ4n) is 3.24. The highest BCUT2D eigenvalue weighted by Crippen LogP contribution is 2.12. The molecule has 5 heteroatoms. The zero-order valence-corrected chi connectivity index (χ0v) is 21.5. The summed E-state index contributed by atoms with van der Waals surface area (Å²) in [7, 11) is -1.85.